The fraction of sp³-hybridized carbons (Fsp3) is 0.682. The van der Waals surface area contributed by atoms with Crippen LogP contribution in [0.2, 0.25) is 0 Å². The average molecular weight is 370 g/mol. The molecular weight excluding hydrogens is 338 g/mol. The number of aliphatic hydroxyl groups is 1. The van der Waals surface area contributed by atoms with Crippen LogP contribution in [-0.2, 0) is 10.2 Å². The van der Waals surface area contributed by atoms with Crippen LogP contribution < -0.4 is 5.32 Å². The van der Waals surface area contributed by atoms with Gasteiger partial charge in [-0.15, -0.1) is 0 Å². The molecule has 5 nitrogen and oxygen atoms in total. The summed E-state index contributed by atoms with van der Waals surface area (Å²) in [5.74, 6) is 0.785. The molecule has 5 aliphatic rings. The van der Waals surface area contributed by atoms with Gasteiger partial charge >= 0.3 is 0 Å². The Labute approximate surface area is 161 Å². The van der Waals surface area contributed by atoms with Crippen molar-refractivity contribution >= 4 is 5.91 Å². The molecule has 0 spiro atoms. The van der Waals surface area contributed by atoms with Crippen LogP contribution in [0.15, 0.2) is 30.3 Å². The van der Waals surface area contributed by atoms with Gasteiger partial charge in [-0.05, 0) is 31.2 Å². The third kappa shape index (κ3) is 3.10. The van der Waals surface area contributed by atoms with Gasteiger partial charge in [-0.25, -0.2) is 0 Å². The second kappa shape index (κ2) is 6.87. The molecule has 1 saturated carbocycles. The van der Waals surface area contributed by atoms with Gasteiger partial charge in [-0.3, -0.25) is 4.79 Å². The first kappa shape index (κ1) is 17.7. The Kier molecular flexibility index (Phi) is 4.49. The van der Waals surface area contributed by atoms with Crippen molar-refractivity contribution in [1.82, 2.24) is 15.1 Å². The van der Waals surface area contributed by atoms with Crippen molar-refractivity contribution < 1.29 is 9.90 Å². The van der Waals surface area contributed by atoms with Gasteiger partial charge in [0.1, 0.15) is 0 Å². The molecule has 27 heavy (non-hydrogen) atoms. The largest absolute Gasteiger partial charge is 0.393 e. The Morgan fingerprint density at radius 2 is 1.63 bits per heavy atom. The molecular formula is C22H31N3O2. The standard InChI is InChI=1S/C22H31N3O2/c26-19-8-6-16(7-9-19)21(27)23-20-17-12-24-10-11-25(13-17)15-22(20,14-24)18-4-2-1-3-5-18/h1-5,16-17,19-20,26H,6-15H2,(H,23,27)/t16?,17?,19?,20-,22?/m1/s1. The van der Waals surface area contributed by atoms with Crippen LogP contribution in [0, 0.1) is 11.8 Å². The molecule has 5 fully saturated rings. The highest BCUT2D eigenvalue weighted by Crippen LogP contribution is 2.43. The number of rotatable bonds is 3. The van der Waals surface area contributed by atoms with Gasteiger partial charge < -0.3 is 20.2 Å². The summed E-state index contributed by atoms with van der Waals surface area (Å²) in [6.45, 7) is 6.56. The molecule has 4 aliphatic heterocycles. The summed E-state index contributed by atoms with van der Waals surface area (Å²) in [5, 5.41) is 13.3. The second-order valence-corrected chi connectivity index (χ2v) is 9.24. The first-order chi connectivity index (χ1) is 13.1. The van der Waals surface area contributed by atoms with Gasteiger partial charge in [0.2, 0.25) is 5.91 Å². The van der Waals surface area contributed by atoms with E-state index in [2.05, 4.69) is 45.4 Å². The van der Waals surface area contributed by atoms with E-state index in [0.29, 0.717) is 5.92 Å². The highest BCUT2D eigenvalue weighted by molar-refractivity contribution is 5.79. The quantitative estimate of drug-likeness (QED) is 0.841. The van der Waals surface area contributed by atoms with E-state index in [0.717, 1.165) is 65.0 Å². The summed E-state index contributed by atoms with van der Waals surface area (Å²) in [7, 11) is 0. The van der Waals surface area contributed by atoms with Gasteiger partial charge in [0.15, 0.2) is 0 Å². The molecule has 0 aromatic heterocycles. The third-order valence-electron chi connectivity index (χ3n) is 7.51. The van der Waals surface area contributed by atoms with Crippen LogP contribution in [-0.4, -0.2) is 72.2 Å². The minimum Gasteiger partial charge on any atom is -0.393 e. The van der Waals surface area contributed by atoms with E-state index in [4.69, 9.17) is 0 Å². The number of piperidine rings is 2. The Hall–Kier alpha value is -1.43. The zero-order valence-electron chi connectivity index (χ0n) is 16.0. The van der Waals surface area contributed by atoms with E-state index in [1.54, 1.807) is 0 Å². The first-order valence-corrected chi connectivity index (χ1v) is 10.6. The number of nitrogens with one attached hydrogen (secondary N) is 1. The minimum absolute atomic E-state index is 0.0111. The van der Waals surface area contributed by atoms with E-state index >= 15 is 0 Å². The Bertz CT molecular complexity index is 670. The summed E-state index contributed by atoms with van der Waals surface area (Å²) in [4.78, 5) is 18.4. The van der Waals surface area contributed by atoms with Crippen molar-refractivity contribution in [3.8, 4) is 0 Å². The fourth-order valence-electron chi connectivity index (χ4n) is 6.18. The van der Waals surface area contributed by atoms with Crippen molar-refractivity contribution in [2.24, 2.45) is 11.8 Å². The van der Waals surface area contributed by atoms with Crippen molar-refractivity contribution in [2.75, 3.05) is 39.3 Å². The van der Waals surface area contributed by atoms with Crippen LogP contribution in [0.1, 0.15) is 31.2 Å². The second-order valence-electron chi connectivity index (χ2n) is 9.24. The van der Waals surface area contributed by atoms with Crippen LogP contribution in [0.25, 0.3) is 0 Å². The maximum absolute atomic E-state index is 13.1. The molecule has 1 aliphatic carbocycles. The Morgan fingerprint density at radius 3 is 2.26 bits per heavy atom. The van der Waals surface area contributed by atoms with E-state index in [-0.39, 0.29) is 29.4 Å². The van der Waals surface area contributed by atoms with Crippen LogP contribution >= 0.6 is 0 Å². The lowest BCUT2D eigenvalue weighted by atomic mass is 9.64. The number of benzene rings is 1. The van der Waals surface area contributed by atoms with E-state index in [9.17, 15) is 9.90 Å². The summed E-state index contributed by atoms with van der Waals surface area (Å²) in [6, 6.07) is 11.1. The molecule has 4 saturated heterocycles. The van der Waals surface area contributed by atoms with Gasteiger partial charge in [-0.1, -0.05) is 30.3 Å². The predicted octanol–water partition coefficient (Wildman–Crippen LogP) is 1.22. The molecule has 1 aromatic rings. The van der Waals surface area contributed by atoms with E-state index in [1.807, 2.05) is 0 Å². The van der Waals surface area contributed by atoms with Gasteiger partial charge in [0, 0.05) is 62.6 Å². The summed E-state index contributed by atoms with van der Waals surface area (Å²) in [6.07, 6.45) is 2.95. The SMILES string of the molecule is O=C(N[C@@H]1C2CN3CCN(C2)CC1(c1ccccc1)C3)C1CCC(O)CC1. The number of hydrogen-bond acceptors (Lipinski definition) is 4. The topological polar surface area (TPSA) is 55.8 Å². The van der Waals surface area contributed by atoms with Crippen LogP contribution in [0.4, 0.5) is 0 Å². The zero-order valence-corrected chi connectivity index (χ0v) is 16.0. The Balaban J connectivity index is 1.44. The maximum Gasteiger partial charge on any atom is 0.223 e. The monoisotopic (exact) mass is 369 g/mol. The third-order valence-corrected chi connectivity index (χ3v) is 7.51. The molecule has 2 N–H and O–H groups in total. The average Bonchev–Trinajstić information content (AvgIpc) is 2.94. The number of amides is 1. The van der Waals surface area contributed by atoms with Crippen molar-refractivity contribution in [3.63, 3.8) is 0 Å². The lowest BCUT2D eigenvalue weighted by Crippen LogP contribution is -2.71. The highest BCUT2D eigenvalue weighted by atomic mass is 16.3. The van der Waals surface area contributed by atoms with Gasteiger partial charge in [-0.2, -0.15) is 0 Å². The molecule has 6 rings (SSSR count). The molecule has 2 unspecified atom stereocenters. The molecule has 3 atom stereocenters. The number of carbonyl (C=O) groups excluding carboxylic acids is 1. The number of aliphatic hydroxyl groups excluding tert-OH is 1. The first-order valence-electron chi connectivity index (χ1n) is 10.6. The Morgan fingerprint density at radius 1 is 1.00 bits per heavy atom. The van der Waals surface area contributed by atoms with Crippen molar-refractivity contribution in [1.29, 1.82) is 0 Å². The molecule has 4 heterocycles. The number of nitrogens with zero attached hydrogens (tertiary/aromatic N) is 2. The fourth-order valence-corrected chi connectivity index (χ4v) is 6.18. The van der Waals surface area contributed by atoms with Crippen LogP contribution in [0.5, 0.6) is 0 Å². The number of hydrogen-bond donors (Lipinski definition) is 2. The summed E-state index contributed by atoms with van der Waals surface area (Å²) >= 11 is 0. The normalized spacial score (nSPS) is 43.3. The molecule has 1 aromatic carbocycles. The zero-order chi connectivity index (χ0) is 18.4. The number of fused-ring (bicyclic) bond motifs is 1. The lowest BCUT2D eigenvalue weighted by molar-refractivity contribution is -0.130. The maximum atomic E-state index is 13.1. The number of carbonyl (C=O) groups is 1. The molecule has 5 heteroatoms. The lowest BCUT2D eigenvalue weighted by Gasteiger charge is -2.56. The summed E-state index contributed by atoms with van der Waals surface area (Å²) < 4.78 is 0. The molecule has 1 amide bonds. The van der Waals surface area contributed by atoms with Crippen molar-refractivity contribution in [3.05, 3.63) is 35.9 Å². The molecule has 4 bridgehead atoms. The predicted molar refractivity (Wildman–Crippen MR) is 104 cm³/mol. The van der Waals surface area contributed by atoms with Crippen LogP contribution in [0.3, 0.4) is 0 Å². The molecule has 0 radical (unpaired) electrons. The minimum atomic E-state index is -0.213. The van der Waals surface area contributed by atoms with Gasteiger partial charge in [0.25, 0.3) is 0 Å². The van der Waals surface area contributed by atoms with E-state index in [1.165, 1.54) is 5.56 Å². The van der Waals surface area contributed by atoms with Crippen molar-refractivity contribution in [2.45, 2.75) is 43.2 Å². The van der Waals surface area contributed by atoms with E-state index < -0.39 is 0 Å². The summed E-state index contributed by atoms with van der Waals surface area (Å²) in [5.41, 5.74) is 1.36. The smallest absolute Gasteiger partial charge is 0.223 e. The van der Waals surface area contributed by atoms with Gasteiger partial charge in [0.05, 0.1) is 6.10 Å². The highest BCUT2D eigenvalue weighted by Gasteiger charge is 2.55. The molecule has 146 valence electrons.